The molecule has 0 spiro atoms. The van der Waals surface area contributed by atoms with Crippen LogP contribution in [0.3, 0.4) is 0 Å². The lowest BCUT2D eigenvalue weighted by molar-refractivity contribution is 0.0298. The lowest BCUT2D eigenvalue weighted by Gasteiger charge is -2.28. The van der Waals surface area contributed by atoms with Gasteiger partial charge in [-0.1, -0.05) is 6.07 Å². The average Bonchev–Trinajstić information content (AvgIpc) is 2.88. The molecule has 0 aliphatic heterocycles. The first-order chi connectivity index (χ1) is 10.2. The van der Waals surface area contributed by atoms with Crippen molar-refractivity contribution >= 4 is 0 Å². The first kappa shape index (κ1) is 16.6. The topological polar surface area (TPSA) is 62.4 Å². The van der Waals surface area contributed by atoms with Gasteiger partial charge in [0.2, 0.25) is 11.8 Å². The van der Waals surface area contributed by atoms with Crippen molar-refractivity contribution in [2.45, 2.75) is 46.3 Å². The molecule has 0 aliphatic rings. The van der Waals surface area contributed by atoms with E-state index in [4.69, 9.17) is 4.42 Å². The minimum Gasteiger partial charge on any atom is -0.419 e. The summed E-state index contributed by atoms with van der Waals surface area (Å²) < 4.78 is 5.82. The van der Waals surface area contributed by atoms with Gasteiger partial charge in [0, 0.05) is 12.1 Å². The third-order valence-corrected chi connectivity index (χ3v) is 3.85. The molecule has 120 valence electrons. The maximum atomic E-state index is 9.92. The van der Waals surface area contributed by atoms with Crippen LogP contribution in [-0.2, 0) is 0 Å². The molecule has 1 aromatic carbocycles. The molecule has 2 aromatic rings. The highest BCUT2D eigenvalue weighted by Crippen LogP contribution is 2.25. The predicted octanol–water partition coefficient (Wildman–Crippen LogP) is 3.12. The monoisotopic (exact) mass is 303 g/mol. The van der Waals surface area contributed by atoms with Crippen LogP contribution in [0.25, 0.3) is 11.5 Å². The molecule has 0 amide bonds. The van der Waals surface area contributed by atoms with Crippen molar-refractivity contribution in [3.63, 3.8) is 0 Å². The van der Waals surface area contributed by atoms with E-state index in [9.17, 15) is 5.11 Å². The Balaban J connectivity index is 2.18. The molecule has 0 radical (unpaired) electrons. The van der Waals surface area contributed by atoms with Gasteiger partial charge in [-0.2, -0.15) is 0 Å². The fraction of sp³-hybridized carbons (Fsp3) is 0.529. The summed E-state index contributed by atoms with van der Waals surface area (Å²) in [5, 5.41) is 18.2. The van der Waals surface area contributed by atoms with Crippen molar-refractivity contribution < 1.29 is 9.52 Å². The van der Waals surface area contributed by atoms with Crippen molar-refractivity contribution in [2.75, 3.05) is 13.6 Å². The van der Waals surface area contributed by atoms with E-state index in [-0.39, 0.29) is 6.04 Å². The summed E-state index contributed by atoms with van der Waals surface area (Å²) in [6.45, 7) is 10.2. The van der Waals surface area contributed by atoms with E-state index in [1.165, 1.54) is 11.1 Å². The molecule has 0 saturated heterocycles. The summed E-state index contributed by atoms with van der Waals surface area (Å²) in [4.78, 5) is 2.00. The lowest BCUT2D eigenvalue weighted by Crippen LogP contribution is -2.37. The van der Waals surface area contributed by atoms with Gasteiger partial charge in [-0.15, -0.1) is 10.2 Å². The highest BCUT2D eigenvalue weighted by molar-refractivity contribution is 5.55. The zero-order chi connectivity index (χ0) is 16.5. The Bertz CT molecular complexity index is 644. The Kier molecular flexibility index (Phi) is 4.68. The number of nitrogens with zero attached hydrogens (tertiary/aromatic N) is 3. The van der Waals surface area contributed by atoms with Gasteiger partial charge in [0.1, 0.15) is 0 Å². The van der Waals surface area contributed by atoms with E-state index in [1.807, 2.05) is 24.9 Å². The molecule has 1 atom stereocenters. The predicted molar refractivity (Wildman–Crippen MR) is 86.6 cm³/mol. The largest absolute Gasteiger partial charge is 0.419 e. The fourth-order valence-corrected chi connectivity index (χ4v) is 2.33. The summed E-state index contributed by atoms with van der Waals surface area (Å²) in [5.74, 6) is 1.08. The van der Waals surface area contributed by atoms with E-state index >= 15 is 0 Å². The number of aromatic nitrogens is 2. The summed E-state index contributed by atoms with van der Waals surface area (Å²) in [5.41, 5.74) is 2.60. The maximum absolute atomic E-state index is 9.92. The van der Waals surface area contributed by atoms with Crippen LogP contribution < -0.4 is 0 Å². The van der Waals surface area contributed by atoms with Gasteiger partial charge in [-0.25, -0.2) is 0 Å². The Morgan fingerprint density at radius 3 is 2.50 bits per heavy atom. The number of likely N-dealkylation sites (N-methyl/N-ethyl adjacent to an activating group) is 1. The number of hydrogen-bond donors (Lipinski definition) is 1. The van der Waals surface area contributed by atoms with E-state index in [0.717, 1.165) is 5.56 Å². The molecule has 0 aliphatic carbocycles. The van der Waals surface area contributed by atoms with Gasteiger partial charge in [-0.05, 0) is 64.9 Å². The van der Waals surface area contributed by atoms with Crippen LogP contribution in [0.2, 0.25) is 0 Å². The number of aryl methyl sites for hydroxylation is 2. The Hall–Kier alpha value is -1.72. The standard InChI is InChI=1S/C17H25N3O2/c1-11-7-8-14(9-12(11)2)16-19-18-15(22-16)13(3)20(6)10-17(4,5)21/h7-9,13,21H,10H2,1-6H3. The van der Waals surface area contributed by atoms with Gasteiger partial charge in [-0.3, -0.25) is 4.90 Å². The number of benzene rings is 1. The van der Waals surface area contributed by atoms with E-state index in [2.05, 4.69) is 36.2 Å². The quantitative estimate of drug-likeness (QED) is 0.919. The van der Waals surface area contributed by atoms with Crippen molar-refractivity contribution in [1.82, 2.24) is 15.1 Å². The Morgan fingerprint density at radius 2 is 1.91 bits per heavy atom. The summed E-state index contributed by atoms with van der Waals surface area (Å²) >= 11 is 0. The first-order valence-corrected chi connectivity index (χ1v) is 7.51. The van der Waals surface area contributed by atoms with E-state index in [0.29, 0.717) is 18.3 Å². The summed E-state index contributed by atoms with van der Waals surface area (Å²) in [6, 6.07) is 6.04. The number of rotatable bonds is 5. The molecule has 1 heterocycles. The zero-order valence-electron chi connectivity index (χ0n) is 14.2. The lowest BCUT2D eigenvalue weighted by atomic mass is 10.1. The molecular formula is C17H25N3O2. The van der Waals surface area contributed by atoms with Crippen molar-refractivity contribution in [3.05, 3.63) is 35.2 Å². The number of aliphatic hydroxyl groups is 1. The van der Waals surface area contributed by atoms with Crippen LogP contribution >= 0.6 is 0 Å². The van der Waals surface area contributed by atoms with E-state index in [1.54, 1.807) is 13.8 Å². The van der Waals surface area contributed by atoms with Crippen LogP contribution in [0.15, 0.2) is 22.6 Å². The van der Waals surface area contributed by atoms with Crippen molar-refractivity contribution in [2.24, 2.45) is 0 Å². The first-order valence-electron chi connectivity index (χ1n) is 7.51. The Morgan fingerprint density at radius 1 is 1.23 bits per heavy atom. The van der Waals surface area contributed by atoms with Gasteiger partial charge < -0.3 is 9.52 Å². The third kappa shape index (κ3) is 3.93. The van der Waals surface area contributed by atoms with Crippen molar-refractivity contribution in [3.8, 4) is 11.5 Å². The molecule has 2 rings (SSSR count). The van der Waals surface area contributed by atoms with Gasteiger partial charge >= 0.3 is 0 Å². The maximum Gasteiger partial charge on any atom is 0.247 e. The highest BCUT2D eigenvalue weighted by Gasteiger charge is 2.24. The van der Waals surface area contributed by atoms with Crippen LogP contribution in [0.1, 0.15) is 43.8 Å². The van der Waals surface area contributed by atoms with Crippen molar-refractivity contribution in [1.29, 1.82) is 0 Å². The second-order valence-electron chi connectivity index (χ2n) is 6.65. The molecule has 0 saturated carbocycles. The highest BCUT2D eigenvalue weighted by atomic mass is 16.4. The average molecular weight is 303 g/mol. The molecule has 1 N–H and O–H groups in total. The molecule has 0 fully saturated rings. The summed E-state index contributed by atoms with van der Waals surface area (Å²) in [6.07, 6.45) is 0. The molecule has 1 aromatic heterocycles. The second-order valence-corrected chi connectivity index (χ2v) is 6.65. The smallest absolute Gasteiger partial charge is 0.247 e. The molecule has 5 heteroatoms. The van der Waals surface area contributed by atoms with Crippen LogP contribution in [0.4, 0.5) is 0 Å². The molecule has 5 nitrogen and oxygen atoms in total. The van der Waals surface area contributed by atoms with Crippen LogP contribution in [-0.4, -0.2) is 39.4 Å². The fourth-order valence-electron chi connectivity index (χ4n) is 2.33. The van der Waals surface area contributed by atoms with Gasteiger partial charge in [0.15, 0.2) is 0 Å². The number of hydrogen-bond acceptors (Lipinski definition) is 5. The minimum absolute atomic E-state index is 0.0563. The van der Waals surface area contributed by atoms with Gasteiger partial charge in [0.05, 0.1) is 11.6 Å². The normalized spacial score (nSPS) is 13.6. The zero-order valence-corrected chi connectivity index (χ0v) is 14.2. The SMILES string of the molecule is Cc1ccc(-c2nnc(C(C)N(C)CC(C)(C)O)o2)cc1C. The summed E-state index contributed by atoms with van der Waals surface area (Å²) in [7, 11) is 1.93. The third-order valence-electron chi connectivity index (χ3n) is 3.85. The second kappa shape index (κ2) is 6.18. The molecular weight excluding hydrogens is 278 g/mol. The minimum atomic E-state index is -0.764. The van der Waals surface area contributed by atoms with Gasteiger partial charge in [0.25, 0.3) is 0 Å². The van der Waals surface area contributed by atoms with Crippen LogP contribution in [0, 0.1) is 13.8 Å². The Labute approximate surface area is 132 Å². The van der Waals surface area contributed by atoms with E-state index < -0.39 is 5.60 Å². The van der Waals surface area contributed by atoms with Crippen LogP contribution in [0.5, 0.6) is 0 Å². The molecule has 22 heavy (non-hydrogen) atoms. The molecule has 0 bridgehead atoms. The molecule has 1 unspecified atom stereocenters.